The van der Waals surface area contributed by atoms with Gasteiger partial charge in [0.2, 0.25) is 6.79 Å². The number of rotatable bonds is 4. The Labute approximate surface area is 170 Å². The lowest BCUT2D eigenvalue weighted by Gasteiger charge is -2.22. The van der Waals surface area contributed by atoms with Crippen LogP contribution in [0.1, 0.15) is 56.3 Å². The smallest absolute Gasteiger partial charge is 0.231 e. The van der Waals surface area contributed by atoms with Gasteiger partial charge < -0.3 is 15.2 Å². The van der Waals surface area contributed by atoms with Crippen LogP contribution in [0.4, 0.5) is 5.69 Å². The fourth-order valence-electron chi connectivity index (χ4n) is 4.45. The summed E-state index contributed by atoms with van der Waals surface area (Å²) in [6.45, 7) is 6.63. The third kappa shape index (κ3) is 2.96. The summed E-state index contributed by atoms with van der Waals surface area (Å²) in [5.74, 6) is 1.73. The number of ether oxygens (including phenoxy) is 2. The molecule has 3 aliphatic rings. The molecule has 150 valence electrons. The van der Waals surface area contributed by atoms with E-state index in [-0.39, 0.29) is 24.0 Å². The van der Waals surface area contributed by atoms with Crippen LogP contribution in [0.25, 0.3) is 0 Å². The molecule has 5 nitrogen and oxygen atoms in total. The summed E-state index contributed by atoms with van der Waals surface area (Å²) in [4.78, 5) is 18.0. The van der Waals surface area contributed by atoms with Gasteiger partial charge in [-0.3, -0.25) is 9.79 Å². The van der Waals surface area contributed by atoms with Crippen molar-refractivity contribution in [2.75, 3.05) is 6.79 Å². The number of nitrogens with zero attached hydrogens (tertiary/aromatic N) is 1. The maximum atomic E-state index is 13.3. The summed E-state index contributed by atoms with van der Waals surface area (Å²) < 4.78 is 10.9. The molecule has 1 saturated carbocycles. The van der Waals surface area contributed by atoms with Gasteiger partial charge in [0.1, 0.15) is 5.78 Å². The number of hydrogen-bond acceptors (Lipinski definition) is 5. The summed E-state index contributed by atoms with van der Waals surface area (Å²) >= 11 is 0. The summed E-state index contributed by atoms with van der Waals surface area (Å²) in [6, 6.07) is 11.7. The highest BCUT2D eigenvalue weighted by molar-refractivity contribution is 6.01. The molecule has 29 heavy (non-hydrogen) atoms. The Balaban J connectivity index is 1.37. The molecule has 5 heteroatoms. The minimum absolute atomic E-state index is 0.0775. The van der Waals surface area contributed by atoms with Crippen LogP contribution in [-0.4, -0.2) is 18.3 Å². The van der Waals surface area contributed by atoms with E-state index in [0.717, 1.165) is 52.4 Å². The van der Waals surface area contributed by atoms with E-state index in [1.54, 1.807) is 0 Å². The van der Waals surface area contributed by atoms with Crippen LogP contribution in [0.5, 0.6) is 11.5 Å². The first-order valence-corrected chi connectivity index (χ1v) is 10.2. The Kier molecular flexibility index (Phi) is 3.91. The summed E-state index contributed by atoms with van der Waals surface area (Å²) in [7, 11) is 0. The number of hydrogen-bond donors (Lipinski definition) is 1. The van der Waals surface area contributed by atoms with E-state index >= 15 is 0 Å². The topological polar surface area (TPSA) is 73.9 Å². The molecule has 2 aromatic carbocycles. The van der Waals surface area contributed by atoms with Gasteiger partial charge in [0.05, 0.1) is 17.1 Å². The van der Waals surface area contributed by atoms with Crippen LogP contribution in [0.2, 0.25) is 0 Å². The zero-order chi connectivity index (χ0) is 20.4. The molecule has 0 radical (unpaired) electrons. The molecule has 0 aromatic heterocycles. The van der Waals surface area contributed by atoms with E-state index in [9.17, 15) is 4.79 Å². The fourth-order valence-corrected chi connectivity index (χ4v) is 4.45. The Morgan fingerprint density at radius 1 is 1.14 bits per heavy atom. The SMILES string of the molecule is CC(C)(C)C1=Nc2ccc(CC(=O)C3(c4ccc5c(c4)OCO5)CC3)cc2C1N. The molecule has 2 heterocycles. The van der Waals surface area contributed by atoms with E-state index in [4.69, 9.17) is 20.2 Å². The standard InChI is InChI=1S/C24H26N2O3/c1-23(2,3)22-21(25)16-10-14(4-6-17(16)26-22)11-20(27)24(8-9-24)15-5-7-18-19(12-15)29-13-28-18/h4-7,10,12,21H,8-9,11,13,25H2,1-3H3. The van der Waals surface area contributed by atoms with Crippen molar-refractivity contribution in [2.24, 2.45) is 16.1 Å². The molecular weight excluding hydrogens is 364 g/mol. The molecule has 0 spiro atoms. The summed E-state index contributed by atoms with van der Waals surface area (Å²) in [5, 5.41) is 0. The van der Waals surface area contributed by atoms with Gasteiger partial charge in [0.25, 0.3) is 0 Å². The quantitative estimate of drug-likeness (QED) is 0.840. The highest BCUT2D eigenvalue weighted by atomic mass is 16.7. The van der Waals surface area contributed by atoms with Crippen molar-refractivity contribution >= 4 is 17.2 Å². The van der Waals surface area contributed by atoms with Crippen LogP contribution in [0, 0.1) is 5.41 Å². The Hall–Kier alpha value is -2.66. The molecule has 0 amide bonds. The zero-order valence-corrected chi connectivity index (χ0v) is 17.1. The molecule has 0 bridgehead atoms. The number of benzene rings is 2. The van der Waals surface area contributed by atoms with Gasteiger partial charge in [0, 0.05) is 23.1 Å². The first kappa shape index (κ1) is 18.4. The average molecular weight is 390 g/mol. The minimum Gasteiger partial charge on any atom is -0.454 e. The molecule has 2 aromatic rings. The molecule has 1 unspecified atom stereocenters. The lowest BCUT2D eigenvalue weighted by atomic mass is 9.84. The number of ketones is 1. The third-order valence-electron chi connectivity index (χ3n) is 6.30. The fraction of sp³-hybridized carbons (Fsp3) is 0.417. The van der Waals surface area contributed by atoms with Crippen molar-refractivity contribution in [1.82, 2.24) is 0 Å². The predicted molar refractivity (Wildman–Crippen MR) is 112 cm³/mol. The lowest BCUT2D eigenvalue weighted by molar-refractivity contribution is -0.120. The first-order valence-electron chi connectivity index (χ1n) is 10.2. The average Bonchev–Trinajstić information content (AvgIpc) is 3.24. The van der Waals surface area contributed by atoms with Gasteiger partial charge in [-0.15, -0.1) is 0 Å². The van der Waals surface area contributed by atoms with E-state index in [2.05, 4.69) is 26.8 Å². The molecule has 5 rings (SSSR count). The number of nitrogens with two attached hydrogens (primary N) is 1. The second-order valence-electron chi connectivity index (χ2n) is 9.37. The maximum Gasteiger partial charge on any atom is 0.231 e. The highest BCUT2D eigenvalue weighted by Gasteiger charge is 2.50. The summed E-state index contributed by atoms with van der Waals surface area (Å²) in [5.41, 5.74) is 11.0. The Bertz CT molecular complexity index is 1040. The molecule has 1 atom stereocenters. The van der Waals surface area contributed by atoms with E-state index in [1.165, 1.54) is 0 Å². The number of aliphatic imine (C=N–C) groups is 1. The van der Waals surface area contributed by atoms with Gasteiger partial charge in [-0.2, -0.15) is 0 Å². The molecule has 0 saturated heterocycles. The minimum atomic E-state index is -0.394. The lowest BCUT2D eigenvalue weighted by Crippen LogP contribution is -2.29. The molecule has 1 fully saturated rings. The molecule has 2 aliphatic heterocycles. The third-order valence-corrected chi connectivity index (χ3v) is 6.30. The number of Topliss-reactive ketones (excluding diaryl/α,β-unsaturated/α-hetero) is 1. The van der Waals surface area contributed by atoms with Crippen LogP contribution in [-0.2, 0) is 16.6 Å². The predicted octanol–water partition coefficient (Wildman–Crippen LogP) is 4.39. The van der Waals surface area contributed by atoms with Gasteiger partial charge in [-0.25, -0.2) is 0 Å². The molecular formula is C24H26N2O3. The van der Waals surface area contributed by atoms with Crippen molar-refractivity contribution < 1.29 is 14.3 Å². The normalized spacial score (nSPS) is 21.0. The van der Waals surface area contributed by atoms with Gasteiger partial charge >= 0.3 is 0 Å². The number of carbonyl (C=O) groups is 1. The number of fused-ring (bicyclic) bond motifs is 2. The van der Waals surface area contributed by atoms with Gasteiger partial charge in [-0.1, -0.05) is 39.0 Å². The largest absolute Gasteiger partial charge is 0.454 e. The van der Waals surface area contributed by atoms with Crippen LogP contribution in [0.15, 0.2) is 41.4 Å². The van der Waals surface area contributed by atoms with Crippen molar-refractivity contribution in [3.63, 3.8) is 0 Å². The van der Waals surface area contributed by atoms with Crippen molar-refractivity contribution in [3.8, 4) is 11.5 Å². The maximum absolute atomic E-state index is 13.3. The van der Waals surface area contributed by atoms with E-state index in [0.29, 0.717) is 6.42 Å². The molecule has 1 aliphatic carbocycles. The van der Waals surface area contributed by atoms with Crippen molar-refractivity contribution in [2.45, 2.75) is 51.5 Å². The van der Waals surface area contributed by atoms with E-state index < -0.39 is 5.41 Å². The first-order chi connectivity index (χ1) is 13.8. The summed E-state index contributed by atoms with van der Waals surface area (Å²) in [6.07, 6.45) is 2.17. The van der Waals surface area contributed by atoms with Crippen LogP contribution >= 0.6 is 0 Å². The number of carbonyl (C=O) groups excluding carboxylic acids is 1. The molecule has 2 N–H and O–H groups in total. The highest BCUT2D eigenvalue weighted by Crippen LogP contribution is 2.51. The van der Waals surface area contributed by atoms with Crippen LogP contribution < -0.4 is 15.2 Å². The van der Waals surface area contributed by atoms with Crippen molar-refractivity contribution in [1.29, 1.82) is 0 Å². The second kappa shape index (κ2) is 6.17. The van der Waals surface area contributed by atoms with Crippen LogP contribution in [0.3, 0.4) is 0 Å². The zero-order valence-electron chi connectivity index (χ0n) is 17.1. The van der Waals surface area contributed by atoms with Gasteiger partial charge in [0.15, 0.2) is 11.5 Å². The van der Waals surface area contributed by atoms with Gasteiger partial charge in [-0.05, 0) is 42.2 Å². The van der Waals surface area contributed by atoms with Crippen molar-refractivity contribution in [3.05, 3.63) is 53.1 Å². The Morgan fingerprint density at radius 3 is 2.62 bits per heavy atom. The monoisotopic (exact) mass is 390 g/mol. The second-order valence-corrected chi connectivity index (χ2v) is 9.37. The van der Waals surface area contributed by atoms with E-state index in [1.807, 2.05) is 30.3 Å². The Morgan fingerprint density at radius 2 is 1.90 bits per heavy atom.